The number of ketones is 1. The van der Waals surface area contributed by atoms with Crippen LogP contribution in [-0.2, 0) is 0 Å². The van der Waals surface area contributed by atoms with Gasteiger partial charge in [-0.15, -0.1) is 0 Å². The number of hydrogen-bond donors (Lipinski definition) is 0. The van der Waals surface area contributed by atoms with E-state index in [0.29, 0.717) is 11.3 Å². The van der Waals surface area contributed by atoms with Crippen molar-refractivity contribution in [2.45, 2.75) is 20.8 Å². The van der Waals surface area contributed by atoms with Crippen molar-refractivity contribution < 1.29 is 4.79 Å². The monoisotopic (exact) mass is 377 g/mol. The molecule has 0 saturated heterocycles. The largest absolute Gasteiger partial charge is 0.287 e. The lowest BCUT2D eigenvalue weighted by Gasteiger charge is -2.12. The predicted octanol–water partition coefficient (Wildman–Crippen LogP) is 6.57. The highest BCUT2D eigenvalue weighted by atomic mass is 16.1. The van der Waals surface area contributed by atoms with E-state index >= 15 is 0 Å². The molecule has 0 aliphatic carbocycles. The molecule has 0 radical (unpaired) electrons. The van der Waals surface area contributed by atoms with E-state index in [0.717, 1.165) is 27.8 Å². The van der Waals surface area contributed by atoms with Gasteiger partial charge in [-0.3, -0.25) is 9.78 Å². The molecule has 2 nitrogen and oxygen atoms in total. The molecule has 4 aromatic rings. The van der Waals surface area contributed by atoms with Gasteiger partial charge < -0.3 is 0 Å². The van der Waals surface area contributed by atoms with Crippen LogP contribution in [0.5, 0.6) is 0 Å². The van der Waals surface area contributed by atoms with Crippen LogP contribution >= 0.6 is 0 Å². The van der Waals surface area contributed by atoms with Gasteiger partial charge in [0.05, 0.1) is 0 Å². The molecule has 0 atom stereocenters. The Hall–Kier alpha value is -3.52. The van der Waals surface area contributed by atoms with Gasteiger partial charge in [-0.25, -0.2) is 0 Å². The van der Waals surface area contributed by atoms with E-state index in [1.807, 2.05) is 31.2 Å². The quantitative estimate of drug-likeness (QED) is 0.376. The standard InChI is InChI=1S/C27H23NO/c1-18-4-10-21(11-5-18)24-16-25(22-12-6-19(2)7-13-22)26(28-17-24)27(29)23-14-8-20(3)9-15-23/h4-17H,1-3H3. The zero-order valence-electron chi connectivity index (χ0n) is 16.9. The zero-order valence-corrected chi connectivity index (χ0v) is 16.9. The van der Waals surface area contributed by atoms with E-state index in [4.69, 9.17) is 0 Å². The van der Waals surface area contributed by atoms with Gasteiger partial charge in [0.15, 0.2) is 0 Å². The Morgan fingerprint density at radius 3 is 1.66 bits per heavy atom. The van der Waals surface area contributed by atoms with Crippen LogP contribution in [0.25, 0.3) is 22.3 Å². The maximum Gasteiger partial charge on any atom is 0.211 e. The maximum atomic E-state index is 13.2. The molecule has 0 spiro atoms. The first kappa shape index (κ1) is 18.8. The van der Waals surface area contributed by atoms with Crippen LogP contribution in [0.15, 0.2) is 85.1 Å². The first-order valence-corrected chi connectivity index (χ1v) is 9.77. The van der Waals surface area contributed by atoms with Gasteiger partial charge in [0, 0.05) is 22.9 Å². The molecule has 0 aliphatic heterocycles. The second-order valence-corrected chi connectivity index (χ2v) is 7.55. The van der Waals surface area contributed by atoms with Crippen LogP contribution in [0.2, 0.25) is 0 Å². The lowest BCUT2D eigenvalue weighted by Crippen LogP contribution is -2.07. The number of carbonyl (C=O) groups is 1. The van der Waals surface area contributed by atoms with Gasteiger partial charge >= 0.3 is 0 Å². The summed E-state index contributed by atoms with van der Waals surface area (Å²) in [5, 5.41) is 0. The van der Waals surface area contributed by atoms with Crippen molar-refractivity contribution in [3.05, 3.63) is 113 Å². The summed E-state index contributed by atoms with van der Waals surface area (Å²) in [6, 6.07) is 26.3. The minimum absolute atomic E-state index is 0.0592. The van der Waals surface area contributed by atoms with E-state index in [9.17, 15) is 4.79 Å². The van der Waals surface area contributed by atoms with Crippen molar-refractivity contribution in [3.63, 3.8) is 0 Å². The molecular formula is C27H23NO. The van der Waals surface area contributed by atoms with Crippen molar-refractivity contribution in [1.29, 1.82) is 0 Å². The molecule has 0 N–H and O–H groups in total. The van der Waals surface area contributed by atoms with Gasteiger partial charge in [0.1, 0.15) is 5.69 Å². The van der Waals surface area contributed by atoms with Gasteiger partial charge in [-0.05, 0) is 38.0 Å². The van der Waals surface area contributed by atoms with Crippen LogP contribution in [0.1, 0.15) is 32.7 Å². The fourth-order valence-electron chi connectivity index (χ4n) is 3.34. The van der Waals surface area contributed by atoms with Crippen molar-refractivity contribution >= 4 is 5.78 Å². The highest BCUT2D eigenvalue weighted by molar-refractivity contribution is 6.11. The molecule has 4 rings (SSSR count). The van der Waals surface area contributed by atoms with Crippen molar-refractivity contribution in [1.82, 2.24) is 4.98 Å². The number of aryl methyl sites for hydroxylation is 3. The van der Waals surface area contributed by atoms with E-state index in [1.54, 1.807) is 6.20 Å². The Labute approximate surface area is 171 Å². The summed E-state index contributed by atoms with van der Waals surface area (Å²) in [7, 11) is 0. The van der Waals surface area contributed by atoms with Crippen molar-refractivity contribution in [3.8, 4) is 22.3 Å². The molecule has 1 heterocycles. The van der Waals surface area contributed by atoms with Crippen LogP contribution in [0, 0.1) is 20.8 Å². The third-order valence-corrected chi connectivity index (χ3v) is 5.16. The van der Waals surface area contributed by atoms with Gasteiger partial charge in [0.25, 0.3) is 0 Å². The first-order chi connectivity index (χ1) is 14.0. The van der Waals surface area contributed by atoms with Gasteiger partial charge in [0.2, 0.25) is 5.78 Å². The minimum atomic E-state index is -0.0592. The summed E-state index contributed by atoms with van der Waals surface area (Å²) in [6.45, 7) is 6.15. The number of aromatic nitrogens is 1. The molecule has 0 bridgehead atoms. The predicted molar refractivity (Wildman–Crippen MR) is 119 cm³/mol. The Morgan fingerprint density at radius 1 is 0.621 bits per heavy atom. The number of rotatable bonds is 4. The number of hydrogen-bond acceptors (Lipinski definition) is 2. The third-order valence-electron chi connectivity index (χ3n) is 5.16. The summed E-state index contributed by atoms with van der Waals surface area (Å²) in [4.78, 5) is 17.9. The molecule has 2 heteroatoms. The second-order valence-electron chi connectivity index (χ2n) is 7.55. The minimum Gasteiger partial charge on any atom is -0.287 e. The number of pyridine rings is 1. The lowest BCUT2D eigenvalue weighted by atomic mass is 9.94. The highest BCUT2D eigenvalue weighted by Crippen LogP contribution is 2.30. The van der Waals surface area contributed by atoms with Crippen molar-refractivity contribution in [2.24, 2.45) is 0 Å². The number of carbonyl (C=O) groups excluding carboxylic acids is 1. The van der Waals surface area contributed by atoms with Gasteiger partial charge in [-0.1, -0.05) is 89.5 Å². The Bertz CT molecular complexity index is 1150. The van der Waals surface area contributed by atoms with Crippen LogP contribution in [-0.4, -0.2) is 10.8 Å². The van der Waals surface area contributed by atoms with E-state index in [2.05, 4.69) is 73.4 Å². The average Bonchev–Trinajstić information content (AvgIpc) is 2.74. The van der Waals surface area contributed by atoms with Crippen LogP contribution < -0.4 is 0 Å². The maximum absolute atomic E-state index is 13.2. The molecule has 0 unspecified atom stereocenters. The fourth-order valence-corrected chi connectivity index (χ4v) is 3.34. The molecule has 0 fully saturated rings. The SMILES string of the molecule is Cc1ccc(C(=O)c2ncc(-c3ccc(C)cc3)cc2-c2ccc(C)cc2)cc1. The summed E-state index contributed by atoms with van der Waals surface area (Å²) in [5.74, 6) is -0.0592. The fraction of sp³-hybridized carbons (Fsp3) is 0.111. The Balaban J connectivity index is 1.85. The summed E-state index contributed by atoms with van der Waals surface area (Å²) in [5.41, 5.74) is 8.60. The molecule has 0 aliphatic rings. The van der Waals surface area contributed by atoms with E-state index in [-0.39, 0.29) is 5.78 Å². The highest BCUT2D eigenvalue weighted by Gasteiger charge is 2.18. The first-order valence-electron chi connectivity index (χ1n) is 9.77. The summed E-state index contributed by atoms with van der Waals surface area (Å²) < 4.78 is 0. The van der Waals surface area contributed by atoms with Crippen LogP contribution in [0.3, 0.4) is 0 Å². The molecule has 3 aromatic carbocycles. The van der Waals surface area contributed by atoms with E-state index < -0.39 is 0 Å². The number of benzene rings is 3. The summed E-state index contributed by atoms with van der Waals surface area (Å²) in [6.07, 6.45) is 1.80. The van der Waals surface area contributed by atoms with E-state index in [1.165, 1.54) is 11.1 Å². The number of nitrogens with zero attached hydrogens (tertiary/aromatic N) is 1. The third kappa shape index (κ3) is 4.02. The second kappa shape index (κ2) is 7.84. The zero-order chi connectivity index (χ0) is 20.4. The normalized spacial score (nSPS) is 10.7. The molecule has 0 saturated carbocycles. The van der Waals surface area contributed by atoms with Gasteiger partial charge in [-0.2, -0.15) is 0 Å². The molecule has 1 aromatic heterocycles. The smallest absolute Gasteiger partial charge is 0.211 e. The van der Waals surface area contributed by atoms with Crippen molar-refractivity contribution in [2.75, 3.05) is 0 Å². The molecular weight excluding hydrogens is 354 g/mol. The molecule has 0 amide bonds. The van der Waals surface area contributed by atoms with Crippen LogP contribution in [0.4, 0.5) is 0 Å². The lowest BCUT2D eigenvalue weighted by molar-refractivity contribution is 0.103. The summed E-state index contributed by atoms with van der Waals surface area (Å²) >= 11 is 0. The Morgan fingerprint density at radius 2 is 1.10 bits per heavy atom. The average molecular weight is 377 g/mol. The molecule has 142 valence electrons. The Kier molecular flexibility index (Phi) is 5.09. The topological polar surface area (TPSA) is 30.0 Å². The molecule has 29 heavy (non-hydrogen) atoms.